The van der Waals surface area contributed by atoms with E-state index in [9.17, 15) is 8.78 Å². The maximum atomic E-state index is 14.9. The Hall–Kier alpha value is -2.98. The van der Waals surface area contributed by atoms with Crippen LogP contribution in [0.4, 0.5) is 20.2 Å². The van der Waals surface area contributed by atoms with Gasteiger partial charge in [0.05, 0.1) is 23.2 Å². The number of piperazine rings is 1. The van der Waals surface area contributed by atoms with Crippen molar-refractivity contribution in [3.63, 3.8) is 0 Å². The van der Waals surface area contributed by atoms with Gasteiger partial charge in [-0.1, -0.05) is 0 Å². The van der Waals surface area contributed by atoms with E-state index < -0.39 is 0 Å². The molecule has 0 saturated carbocycles. The van der Waals surface area contributed by atoms with Crippen molar-refractivity contribution < 1.29 is 8.78 Å². The summed E-state index contributed by atoms with van der Waals surface area (Å²) in [6.45, 7) is 7.64. The van der Waals surface area contributed by atoms with Crippen LogP contribution in [-0.4, -0.2) is 43.3 Å². The van der Waals surface area contributed by atoms with E-state index in [1.807, 2.05) is 19.9 Å². The number of hydrogen-bond donors (Lipinski definition) is 1. The SMILES string of the molecule is CC(=NNc1ccc(F)cc1)c1cc(F)c(N2CCN(CCC#N)CC2)cc1C. The van der Waals surface area contributed by atoms with Gasteiger partial charge in [0.25, 0.3) is 0 Å². The Morgan fingerprint density at radius 1 is 1.14 bits per heavy atom. The van der Waals surface area contributed by atoms with Crippen molar-refractivity contribution in [1.82, 2.24) is 4.90 Å². The lowest BCUT2D eigenvalue weighted by Gasteiger charge is -2.36. The van der Waals surface area contributed by atoms with Crippen LogP contribution >= 0.6 is 0 Å². The number of anilines is 2. The van der Waals surface area contributed by atoms with Crippen molar-refractivity contribution in [2.24, 2.45) is 5.10 Å². The second-order valence-electron chi connectivity index (χ2n) is 7.17. The molecule has 152 valence electrons. The predicted molar refractivity (Wildman–Crippen MR) is 112 cm³/mol. The van der Waals surface area contributed by atoms with Crippen LogP contribution in [-0.2, 0) is 0 Å². The zero-order valence-electron chi connectivity index (χ0n) is 16.8. The van der Waals surface area contributed by atoms with E-state index in [-0.39, 0.29) is 11.6 Å². The fraction of sp³-hybridized carbons (Fsp3) is 0.364. The second-order valence-corrected chi connectivity index (χ2v) is 7.17. The molecule has 0 bridgehead atoms. The van der Waals surface area contributed by atoms with Gasteiger partial charge in [0.2, 0.25) is 0 Å². The number of halogens is 2. The highest BCUT2D eigenvalue weighted by Crippen LogP contribution is 2.25. The molecule has 1 N–H and O–H groups in total. The van der Waals surface area contributed by atoms with Crippen molar-refractivity contribution >= 4 is 17.1 Å². The highest BCUT2D eigenvalue weighted by Gasteiger charge is 2.20. The minimum Gasteiger partial charge on any atom is -0.367 e. The molecular weight excluding hydrogens is 372 g/mol. The Morgan fingerprint density at radius 2 is 1.83 bits per heavy atom. The summed E-state index contributed by atoms with van der Waals surface area (Å²) in [5.41, 5.74) is 6.46. The highest BCUT2D eigenvalue weighted by molar-refractivity contribution is 6.00. The Balaban J connectivity index is 1.69. The minimum atomic E-state index is -0.310. The van der Waals surface area contributed by atoms with Gasteiger partial charge >= 0.3 is 0 Å². The van der Waals surface area contributed by atoms with E-state index in [1.54, 1.807) is 12.1 Å². The van der Waals surface area contributed by atoms with Gasteiger partial charge in [0, 0.05) is 44.7 Å². The van der Waals surface area contributed by atoms with Gasteiger partial charge in [-0.25, -0.2) is 8.78 Å². The Morgan fingerprint density at radius 3 is 2.48 bits per heavy atom. The van der Waals surface area contributed by atoms with E-state index >= 15 is 0 Å². The molecule has 1 aliphatic heterocycles. The molecule has 7 heteroatoms. The Labute approximate surface area is 170 Å². The molecule has 1 heterocycles. The third-order valence-corrected chi connectivity index (χ3v) is 5.13. The van der Waals surface area contributed by atoms with Crippen molar-refractivity contribution in [2.75, 3.05) is 43.0 Å². The van der Waals surface area contributed by atoms with Gasteiger partial charge in [-0.05, 0) is 55.8 Å². The van der Waals surface area contributed by atoms with Gasteiger partial charge in [-0.2, -0.15) is 10.4 Å². The summed E-state index contributed by atoms with van der Waals surface area (Å²) >= 11 is 0. The molecule has 29 heavy (non-hydrogen) atoms. The van der Waals surface area contributed by atoms with E-state index in [0.717, 1.165) is 43.9 Å². The molecule has 0 radical (unpaired) electrons. The number of benzene rings is 2. The average Bonchev–Trinajstić information content (AvgIpc) is 2.73. The summed E-state index contributed by atoms with van der Waals surface area (Å²) in [5, 5.41) is 13.0. The minimum absolute atomic E-state index is 0.271. The van der Waals surface area contributed by atoms with E-state index in [2.05, 4.69) is 26.4 Å². The highest BCUT2D eigenvalue weighted by atomic mass is 19.1. The zero-order chi connectivity index (χ0) is 20.8. The average molecular weight is 397 g/mol. The number of nitriles is 1. The van der Waals surface area contributed by atoms with Crippen LogP contribution in [0.25, 0.3) is 0 Å². The molecular formula is C22H25F2N5. The zero-order valence-corrected chi connectivity index (χ0v) is 16.8. The lowest BCUT2D eigenvalue weighted by Crippen LogP contribution is -2.46. The number of nitrogens with zero attached hydrogens (tertiary/aromatic N) is 4. The first-order valence-corrected chi connectivity index (χ1v) is 9.68. The van der Waals surface area contributed by atoms with Gasteiger partial charge in [-0.3, -0.25) is 10.3 Å². The number of hydrogen-bond acceptors (Lipinski definition) is 5. The van der Waals surface area contributed by atoms with Gasteiger partial charge in [-0.15, -0.1) is 0 Å². The summed E-state index contributed by atoms with van der Waals surface area (Å²) < 4.78 is 27.9. The molecule has 1 saturated heterocycles. The summed E-state index contributed by atoms with van der Waals surface area (Å²) in [7, 11) is 0. The summed E-state index contributed by atoms with van der Waals surface area (Å²) in [6.07, 6.45) is 0.521. The maximum absolute atomic E-state index is 14.9. The molecule has 0 aromatic heterocycles. The van der Waals surface area contributed by atoms with Crippen molar-refractivity contribution in [3.05, 3.63) is 59.2 Å². The normalized spacial score (nSPS) is 15.3. The van der Waals surface area contributed by atoms with E-state index in [4.69, 9.17) is 5.26 Å². The Bertz CT molecular complexity index is 910. The monoisotopic (exact) mass is 397 g/mol. The molecule has 0 spiro atoms. The molecule has 1 aliphatic rings. The first-order chi connectivity index (χ1) is 14.0. The van der Waals surface area contributed by atoms with Crippen molar-refractivity contribution in [1.29, 1.82) is 5.26 Å². The second kappa shape index (κ2) is 9.48. The van der Waals surface area contributed by atoms with Gasteiger partial charge in [0.1, 0.15) is 11.6 Å². The Kier molecular flexibility index (Phi) is 6.78. The molecule has 3 rings (SSSR count). The first-order valence-electron chi connectivity index (χ1n) is 9.68. The molecule has 0 aliphatic carbocycles. The van der Waals surface area contributed by atoms with Crippen LogP contribution in [0.1, 0.15) is 24.5 Å². The third-order valence-electron chi connectivity index (χ3n) is 5.13. The lowest BCUT2D eigenvalue weighted by molar-refractivity contribution is 0.263. The maximum Gasteiger partial charge on any atom is 0.147 e. The molecule has 0 atom stereocenters. The summed E-state index contributed by atoms with van der Waals surface area (Å²) in [4.78, 5) is 4.29. The van der Waals surface area contributed by atoms with E-state index in [1.165, 1.54) is 18.2 Å². The largest absolute Gasteiger partial charge is 0.367 e. The molecule has 2 aromatic carbocycles. The van der Waals surface area contributed by atoms with Crippen LogP contribution in [0.15, 0.2) is 41.5 Å². The molecule has 0 unspecified atom stereocenters. The summed E-state index contributed by atoms with van der Waals surface area (Å²) in [6, 6.07) is 11.5. The molecule has 1 fully saturated rings. The number of nitrogens with one attached hydrogen (secondary N) is 1. The fourth-order valence-electron chi connectivity index (χ4n) is 3.45. The molecule has 2 aromatic rings. The number of hydrazone groups is 1. The van der Waals surface area contributed by atoms with E-state index in [0.29, 0.717) is 23.5 Å². The van der Waals surface area contributed by atoms with Crippen LogP contribution in [0.5, 0.6) is 0 Å². The quantitative estimate of drug-likeness (QED) is 0.588. The van der Waals surface area contributed by atoms with Crippen LogP contribution in [0.2, 0.25) is 0 Å². The van der Waals surface area contributed by atoms with Gasteiger partial charge in [0.15, 0.2) is 0 Å². The van der Waals surface area contributed by atoms with Crippen molar-refractivity contribution in [3.8, 4) is 6.07 Å². The smallest absolute Gasteiger partial charge is 0.147 e. The molecule has 5 nitrogen and oxygen atoms in total. The van der Waals surface area contributed by atoms with Crippen molar-refractivity contribution in [2.45, 2.75) is 20.3 Å². The van der Waals surface area contributed by atoms with Crippen LogP contribution < -0.4 is 10.3 Å². The number of aryl methyl sites for hydroxylation is 1. The standard InChI is InChI=1S/C22H25F2N5/c1-16-14-22(29-12-10-28(11-13-29)9-3-8-25)21(24)15-20(16)17(2)26-27-19-6-4-18(23)5-7-19/h4-7,14-15,27H,3,9-13H2,1-2H3. The fourth-order valence-corrected chi connectivity index (χ4v) is 3.45. The first kappa shape index (κ1) is 20.7. The predicted octanol–water partition coefficient (Wildman–Crippen LogP) is 4.15. The molecule has 0 amide bonds. The van der Waals surface area contributed by atoms with Gasteiger partial charge < -0.3 is 4.90 Å². The van der Waals surface area contributed by atoms with Crippen LogP contribution in [0, 0.1) is 29.9 Å². The third kappa shape index (κ3) is 5.30. The lowest BCUT2D eigenvalue weighted by atomic mass is 10.0. The number of rotatable bonds is 6. The summed E-state index contributed by atoms with van der Waals surface area (Å²) in [5.74, 6) is -0.581. The van der Waals surface area contributed by atoms with Crippen LogP contribution in [0.3, 0.4) is 0 Å². The topological polar surface area (TPSA) is 54.7 Å².